The van der Waals surface area contributed by atoms with Crippen LogP contribution >= 0.6 is 0 Å². The molecule has 0 saturated carbocycles. The molecule has 3 aliphatic heterocycles. The summed E-state index contributed by atoms with van der Waals surface area (Å²) in [7, 11) is 1.30. The highest BCUT2D eigenvalue weighted by Crippen LogP contribution is 2.43. The lowest BCUT2D eigenvalue weighted by molar-refractivity contribution is -0.353. The van der Waals surface area contributed by atoms with E-state index in [2.05, 4.69) is 6.92 Å². The summed E-state index contributed by atoms with van der Waals surface area (Å²) in [5, 5.41) is 40.1. The van der Waals surface area contributed by atoms with Crippen LogP contribution in [0, 0.1) is 11.8 Å². The number of hydrogen-bond acceptors (Lipinski definition) is 11. The summed E-state index contributed by atoms with van der Waals surface area (Å²) in [5.41, 5.74) is 0.337. The Morgan fingerprint density at radius 3 is 2.20 bits per heavy atom. The third kappa shape index (κ3) is 8.84. The molecule has 3 heterocycles. The number of methoxy groups -OCH3 is 1. The summed E-state index contributed by atoms with van der Waals surface area (Å²) in [6.07, 6.45) is 4.86. The first-order chi connectivity index (χ1) is 19.3. The van der Waals surface area contributed by atoms with E-state index in [1.807, 2.05) is 6.92 Å². The highest BCUT2D eigenvalue weighted by Gasteiger charge is 2.51. The fourth-order valence-electron chi connectivity index (χ4n) is 5.80. The van der Waals surface area contributed by atoms with E-state index in [4.69, 9.17) is 28.4 Å². The molecule has 11 nitrogen and oxygen atoms in total. The van der Waals surface area contributed by atoms with Crippen LogP contribution in [0.25, 0.3) is 0 Å². The lowest BCUT2D eigenvalue weighted by atomic mass is 9.77. The lowest BCUT2D eigenvalue weighted by Gasteiger charge is -2.47. The van der Waals surface area contributed by atoms with Crippen molar-refractivity contribution in [3.8, 4) is 0 Å². The van der Waals surface area contributed by atoms with Crippen LogP contribution in [-0.2, 0) is 33.2 Å². The second kappa shape index (κ2) is 17.0. The van der Waals surface area contributed by atoms with Gasteiger partial charge in [-0.25, -0.2) is 4.79 Å². The Labute approximate surface area is 237 Å². The fourth-order valence-corrected chi connectivity index (χ4v) is 5.80. The average Bonchev–Trinajstić information content (AvgIpc) is 2.95. The zero-order valence-corrected chi connectivity index (χ0v) is 24.2. The highest BCUT2D eigenvalue weighted by atomic mass is 16.8. The van der Waals surface area contributed by atoms with Gasteiger partial charge in [0.1, 0.15) is 24.4 Å². The predicted molar refractivity (Wildman–Crippen MR) is 144 cm³/mol. The summed E-state index contributed by atoms with van der Waals surface area (Å²) in [5.74, 6) is -1.38. The predicted octanol–water partition coefficient (Wildman–Crippen LogP) is 2.52. The molecular formula is C29H50O11. The topological polar surface area (TPSA) is 153 Å². The Balaban J connectivity index is 1.52. The fraction of sp³-hybridized carbons (Fsp3) is 0.897. The summed E-state index contributed by atoms with van der Waals surface area (Å²) < 4.78 is 34.3. The van der Waals surface area contributed by atoms with Crippen molar-refractivity contribution in [2.75, 3.05) is 20.3 Å². The van der Waals surface area contributed by atoms with E-state index in [1.165, 1.54) is 64.7 Å². The smallest absolute Gasteiger partial charge is 0.337 e. The first-order valence-electron chi connectivity index (χ1n) is 15.0. The maximum atomic E-state index is 12.6. The van der Waals surface area contributed by atoms with Gasteiger partial charge in [0.2, 0.25) is 6.29 Å². The molecule has 2 fully saturated rings. The van der Waals surface area contributed by atoms with Crippen LogP contribution in [0.5, 0.6) is 0 Å². The number of aliphatic hydroxyl groups is 4. The van der Waals surface area contributed by atoms with Gasteiger partial charge < -0.3 is 48.8 Å². The van der Waals surface area contributed by atoms with Gasteiger partial charge in [0, 0.05) is 18.9 Å². The number of carbonyl (C=O) groups is 1. The number of aliphatic hydroxyl groups excluding tert-OH is 4. The van der Waals surface area contributed by atoms with Gasteiger partial charge in [-0.3, -0.25) is 0 Å². The largest absolute Gasteiger partial charge is 0.471 e. The van der Waals surface area contributed by atoms with Crippen LogP contribution in [-0.4, -0.2) is 96.1 Å². The van der Waals surface area contributed by atoms with Crippen molar-refractivity contribution in [2.24, 2.45) is 11.8 Å². The molecule has 3 unspecified atom stereocenters. The molecule has 3 aliphatic rings. The Kier molecular flexibility index (Phi) is 14.1. The van der Waals surface area contributed by atoms with Gasteiger partial charge in [0.25, 0.3) is 0 Å². The molecule has 232 valence electrons. The first kappa shape index (κ1) is 33.2. The quantitative estimate of drug-likeness (QED) is 0.159. The van der Waals surface area contributed by atoms with Gasteiger partial charge in [-0.1, -0.05) is 64.7 Å². The molecule has 0 aromatic carbocycles. The molecule has 0 aromatic rings. The number of unbranched alkanes of at least 4 members (excludes halogenated alkanes) is 9. The molecule has 40 heavy (non-hydrogen) atoms. The zero-order chi connectivity index (χ0) is 29.1. The van der Waals surface area contributed by atoms with Crippen molar-refractivity contribution in [1.82, 2.24) is 0 Å². The molecule has 0 aliphatic carbocycles. The van der Waals surface area contributed by atoms with E-state index < -0.39 is 67.9 Å². The van der Waals surface area contributed by atoms with Gasteiger partial charge in [-0.15, -0.1) is 0 Å². The molecule has 0 radical (unpaired) electrons. The lowest BCUT2D eigenvalue weighted by Crippen LogP contribution is -2.61. The first-order valence-corrected chi connectivity index (χ1v) is 15.0. The number of rotatable bonds is 16. The molecular weight excluding hydrogens is 524 g/mol. The summed E-state index contributed by atoms with van der Waals surface area (Å²) in [6.45, 7) is 4.05. The maximum Gasteiger partial charge on any atom is 0.337 e. The van der Waals surface area contributed by atoms with Crippen molar-refractivity contribution < 1.29 is 53.6 Å². The van der Waals surface area contributed by atoms with Crippen molar-refractivity contribution >= 4 is 5.97 Å². The Morgan fingerprint density at radius 1 is 0.925 bits per heavy atom. The number of fused-ring (bicyclic) bond motifs is 1. The molecule has 0 aromatic heterocycles. The van der Waals surface area contributed by atoms with Crippen LogP contribution in [0.4, 0.5) is 0 Å². The summed E-state index contributed by atoms with van der Waals surface area (Å²) >= 11 is 0. The normalized spacial score (nSPS) is 35.9. The molecule has 0 amide bonds. The highest BCUT2D eigenvalue weighted by molar-refractivity contribution is 5.88. The van der Waals surface area contributed by atoms with Crippen LogP contribution in [0.1, 0.15) is 84.5 Å². The van der Waals surface area contributed by atoms with Crippen LogP contribution in [0.15, 0.2) is 11.8 Å². The maximum absolute atomic E-state index is 12.6. The number of esters is 1. The number of carbonyl (C=O) groups excluding carboxylic acids is 1. The minimum atomic E-state index is -1.58. The minimum Gasteiger partial charge on any atom is -0.471 e. The van der Waals surface area contributed by atoms with Gasteiger partial charge >= 0.3 is 5.97 Å². The van der Waals surface area contributed by atoms with Crippen molar-refractivity contribution in [1.29, 1.82) is 0 Å². The Morgan fingerprint density at radius 2 is 1.57 bits per heavy atom. The standard InChI is InChI=1S/C29H50O11/c1-4-5-6-7-8-9-10-11-12-13-14-36-22-15-19-20(27(34)35-3)17-37-28(23(19)18(2)38-22)40-29-26(33)25(32)24(31)21(16-30)39-29/h17-19,21-26,28-33H,4-16H2,1-3H3/t18-,19?,21+,22?,23?,24+,25-,26+,28-,29-/m0/s1. The van der Waals surface area contributed by atoms with E-state index in [-0.39, 0.29) is 5.92 Å². The summed E-state index contributed by atoms with van der Waals surface area (Å²) in [6, 6.07) is 0. The van der Waals surface area contributed by atoms with Crippen LogP contribution < -0.4 is 0 Å². The van der Waals surface area contributed by atoms with E-state index in [0.717, 1.165) is 12.8 Å². The molecule has 4 N–H and O–H groups in total. The van der Waals surface area contributed by atoms with E-state index in [9.17, 15) is 25.2 Å². The van der Waals surface area contributed by atoms with Gasteiger partial charge in [0.15, 0.2) is 12.6 Å². The monoisotopic (exact) mass is 574 g/mol. The van der Waals surface area contributed by atoms with E-state index in [0.29, 0.717) is 18.6 Å². The second-order valence-electron chi connectivity index (χ2n) is 11.1. The second-order valence-corrected chi connectivity index (χ2v) is 11.1. The van der Waals surface area contributed by atoms with Gasteiger partial charge in [0.05, 0.1) is 37.6 Å². The zero-order valence-electron chi connectivity index (χ0n) is 24.2. The molecule has 0 spiro atoms. The Hall–Kier alpha value is -1.31. The number of hydrogen-bond donors (Lipinski definition) is 4. The summed E-state index contributed by atoms with van der Waals surface area (Å²) in [4.78, 5) is 12.6. The molecule has 11 heteroatoms. The third-order valence-electron chi connectivity index (χ3n) is 8.20. The van der Waals surface area contributed by atoms with Crippen molar-refractivity contribution in [3.63, 3.8) is 0 Å². The van der Waals surface area contributed by atoms with E-state index >= 15 is 0 Å². The molecule has 0 bridgehead atoms. The van der Waals surface area contributed by atoms with E-state index in [1.54, 1.807) is 0 Å². The molecule has 10 atom stereocenters. The molecule has 3 rings (SSSR count). The van der Waals surface area contributed by atoms with Crippen molar-refractivity contribution in [2.45, 2.75) is 134 Å². The van der Waals surface area contributed by atoms with Gasteiger partial charge in [-0.2, -0.15) is 0 Å². The van der Waals surface area contributed by atoms with Crippen LogP contribution in [0.2, 0.25) is 0 Å². The SMILES string of the molecule is CCCCCCCCCCCCOC1CC2C(C(=O)OC)=CO[C@@H](O[C@@H]3O[C@H](CO)[C@@H](O)[C@H](O)[C@H]3O)C2[C@H](C)O1. The van der Waals surface area contributed by atoms with Crippen molar-refractivity contribution in [3.05, 3.63) is 11.8 Å². The Bertz CT molecular complexity index is 775. The third-order valence-corrected chi connectivity index (χ3v) is 8.20. The van der Waals surface area contributed by atoms with Gasteiger partial charge in [-0.05, 0) is 13.3 Å². The molecule has 2 saturated heterocycles. The number of ether oxygens (including phenoxy) is 6. The average molecular weight is 575 g/mol. The minimum absolute atomic E-state index is 0.337. The van der Waals surface area contributed by atoms with Crippen LogP contribution in [0.3, 0.4) is 0 Å².